The molecule has 1 atom stereocenters. The molecule has 5 rings (SSSR count). The normalized spacial score (nSPS) is 20.7. The van der Waals surface area contributed by atoms with Gasteiger partial charge < -0.3 is 4.90 Å². The van der Waals surface area contributed by atoms with Gasteiger partial charge in [-0.05, 0) is 95.3 Å². The maximum absolute atomic E-state index is 12.9. The summed E-state index contributed by atoms with van der Waals surface area (Å²) < 4.78 is 0. The second-order valence-corrected chi connectivity index (χ2v) is 9.97. The molecule has 0 unspecified atom stereocenters. The summed E-state index contributed by atoms with van der Waals surface area (Å²) in [5.74, 6) is 1.01. The van der Waals surface area contributed by atoms with Gasteiger partial charge in [0.1, 0.15) is 0 Å². The van der Waals surface area contributed by atoms with Gasteiger partial charge in [0, 0.05) is 12.6 Å². The summed E-state index contributed by atoms with van der Waals surface area (Å²) >= 11 is 0. The van der Waals surface area contributed by atoms with Crippen LogP contribution in [0.1, 0.15) is 12.8 Å². The van der Waals surface area contributed by atoms with Crippen LogP contribution in [0.5, 0.6) is 0 Å². The van der Waals surface area contributed by atoms with E-state index in [4.69, 9.17) is 0 Å². The van der Waals surface area contributed by atoms with Crippen LogP contribution in [0.4, 0.5) is 0 Å². The summed E-state index contributed by atoms with van der Waals surface area (Å²) in [6, 6.07) is 21.9. The average Bonchev–Trinajstić information content (AvgIpc) is 3.62. The van der Waals surface area contributed by atoms with Gasteiger partial charge in [0.2, 0.25) is 5.91 Å². The van der Waals surface area contributed by atoms with Gasteiger partial charge in [0.25, 0.3) is 0 Å². The van der Waals surface area contributed by atoms with Crippen LogP contribution in [0.3, 0.4) is 0 Å². The fourth-order valence-electron chi connectivity index (χ4n) is 4.08. The molecule has 162 valence electrons. The van der Waals surface area contributed by atoms with Crippen LogP contribution >= 0.6 is 7.92 Å². The first-order valence-electron chi connectivity index (χ1n) is 10.9. The van der Waals surface area contributed by atoms with E-state index >= 15 is 0 Å². The van der Waals surface area contributed by atoms with Gasteiger partial charge in [-0.15, -0.1) is 0 Å². The zero-order valence-electron chi connectivity index (χ0n) is 18.0. The van der Waals surface area contributed by atoms with Crippen molar-refractivity contribution in [3.05, 3.63) is 124 Å². The standard InChI is InChI=1S/C23H23NOP.C5H5.Fe/c25-23(19-10-7-8-11-19)24-17-9-12-20(24)18-26(21-13-3-1-4-14-21)22-15-5-2-6-16-22;1-2-4-5-3-1;/h1-8,10-11,13-16,20H,9,12,17-18H2;1-5H;/q;;+2/t20-;;/m0../s1. The molecule has 3 fully saturated rings. The number of carbonyl (C=O) groups excluding carboxylic acids is 1. The quantitative estimate of drug-likeness (QED) is 0.454. The average molecular weight is 481 g/mol. The molecule has 0 spiro atoms. The van der Waals surface area contributed by atoms with Crippen LogP contribution in [0, 0.1) is 63.7 Å². The second-order valence-electron chi connectivity index (χ2n) is 7.71. The Labute approximate surface area is 206 Å². The molecule has 0 aromatic heterocycles. The molecule has 10 radical (unpaired) electrons. The minimum absolute atomic E-state index is 0. The van der Waals surface area contributed by atoms with Crippen LogP contribution in [-0.4, -0.2) is 29.6 Å². The summed E-state index contributed by atoms with van der Waals surface area (Å²) in [6.07, 6.45) is 21.0. The number of nitrogens with zero attached hydrogens (tertiary/aromatic N) is 1. The Morgan fingerprint density at radius 3 is 1.78 bits per heavy atom. The Morgan fingerprint density at radius 2 is 1.28 bits per heavy atom. The van der Waals surface area contributed by atoms with E-state index in [9.17, 15) is 4.79 Å². The van der Waals surface area contributed by atoms with Crippen LogP contribution in [0.25, 0.3) is 0 Å². The SMILES string of the molecule is O=C([C]1[CH][CH][CH][CH]1)N1CCC[C@H]1CP(c1ccccc1)c1ccccc1.[CH]1[CH][CH][CH][CH]1.[Fe+2]. The first-order chi connectivity index (χ1) is 15.3. The third-order valence-electron chi connectivity index (χ3n) is 5.63. The van der Waals surface area contributed by atoms with E-state index in [0.717, 1.165) is 31.5 Å². The van der Waals surface area contributed by atoms with Crippen molar-refractivity contribution >= 4 is 24.4 Å². The van der Waals surface area contributed by atoms with Crippen molar-refractivity contribution in [2.75, 3.05) is 12.7 Å². The third-order valence-corrected chi connectivity index (χ3v) is 8.26. The van der Waals surface area contributed by atoms with Crippen LogP contribution in [0.2, 0.25) is 0 Å². The molecule has 2 aliphatic carbocycles. The summed E-state index contributed by atoms with van der Waals surface area (Å²) in [6.45, 7) is 0.876. The van der Waals surface area contributed by atoms with Crippen LogP contribution in [0.15, 0.2) is 60.7 Å². The van der Waals surface area contributed by atoms with E-state index in [0.29, 0.717) is 6.04 Å². The number of hydrogen-bond donors (Lipinski definition) is 0. The molecule has 1 aliphatic heterocycles. The Kier molecular flexibility index (Phi) is 10.8. The van der Waals surface area contributed by atoms with Gasteiger partial charge in [0.05, 0.1) is 5.92 Å². The first kappa shape index (κ1) is 25.5. The van der Waals surface area contributed by atoms with Gasteiger partial charge >= 0.3 is 17.1 Å². The van der Waals surface area contributed by atoms with Gasteiger partial charge in [-0.3, -0.25) is 4.79 Å². The molecular weight excluding hydrogens is 453 g/mol. The number of benzene rings is 2. The molecule has 2 nitrogen and oxygen atoms in total. The smallest absolute Gasteiger partial charge is 0.339 e. The molecule has 2 aromatic rings. The van der Waals surface area contributed by atoms with Crippen molar-refractivity contribution in [1.82, 2.24) is 4.90 Å². The minimum atomic E-state index is -0.465. The molecular formula is C28H28FeNOP+2. The third kappa shape index (κ3) is 6.93. The minimum Gasteiger partial charge on any atom is -0.339 e. The van der Waals surface area contributed by atoms with Crippen molar-refractivity contribution in [3.63, 3.8) is 0 Å². The first-order valence-corrected chi connectivity index (χ1v) is 12.4. The van der Waals surface area contributed by atoms with E-state index < -0.39 is 7.92 Å². The predicted molar refractivity (Wildman–Crippen MR) is 131 cm³/mol. The van der Waals surface area contributed by atoms with Crippen molar-refractivity contribution in [2.45, 2.75) is 18.9 Å². The maximum Gasteiger partial charge on any atom is 2.00 e. The van der Waals surface area contributed by atoms with Crippen molar-refractivity contribution in [1.29, 1.82) is 0 Å². The Morgan fingerprint density at radius 1 is 0.781 bits per heavy atom. The molecule has 1 amide bonds. The van der Waals surface area contributed by atoms with Crippen LogP contribution < -0.4 is 10.6 Å². The van der Waals surface area contributed by atoms with Crippen molar-refractivity contribution < 1.29 is 21.9 Å². The molecule has 3 aliphatic rings. The fourth-order valence-corrected chi connectivity index (χ4v) is 6.67. The molecule has 32 heavy (non-hydrogen) atoms. The van der Waals surface area contributed by atoms with Gasteiger partial charge in [-0.2, -0.15) is 0 Å². The largest absolute Gasteiger partial charge is 2.00 e. The fraction of sp³-hybridized carbons (Fsp3) is 0.179. The summed E-state index contributed by atoms with van der Waals surface area (Å²) in [7, 11) is -0.465. The van der Waals surface area contributed by atoms with E-state index in [2.05, 4.69) is 65.6 Å². The molecule has 0 bridgehead atoms. The van der Waals surface area contributed by atoms with Crippen molar-refractivity contribution in [3.8, 4) is 0 Å². The zero-order valence-corrected chi connectivity index (χ0v) is 20.0. The van der Waals surface area contributed by atoms with Gasteiger partial charge in [0.15, 0.2) is 0 Å². The number of hydrogen-bond acceptors (Lipinski definition) is 1. The number of rotatable bonds is 5. The molecule has 2 aromatic carbocycles. The molecule has 2 saturated carbocycles. The van der Waals surface area contributed by atoms with Gasteiger partial charge in [-0.1, -0.05) is 60.7 Å². The Hall–Kier alpha value is -1.14. The molecule has 1 saturated heterocycles. The van der Waals surface area contributed by atoms with E-state index in [1.165, 1.54) is 10.6 Å². The van der Waals surface area contributed by atoms with Crippen LogP contribution in [-0.2, 0) is 21.9 Å². The topological polar surface area (TPSA) is 20.3 Å². The van der Waals surface area contributed by atoms with E-state index in [1.807, 2.05) is 57.8 Å². The monoisotopic (exact) mass is 481 g/mol. The predicted octanol–water partition coefficient (Wildman–Crippen LogP) is 4.53. The Balaban J connectivity index is 0.000000427. The zero-order chi connectivity index (χ0) is 21.3. The van der Waals surface area contributed by atoms with E-state index in [-0.39, 0.29) is 23.0 Å². The summed E-state index contributed by atoms with van der Waals surface area (Å²) in [4.78, 5) is 15.0. The number of carbonyl (C=O) groups is 1. The molecule has 0 N–H and O–H groups in total. The van der Waals surface area contributed by atoms with Gasteiger partial charge in [-0.25, -0.2) is 0 Å². The van der Waals surface area contributed by atoms with E-state index in [1.54, 1.807) is 0 Å². The molecule has 4 heteroatoms. The summed E-state index contributed by atoms with van der Waals surface area (Å²) in [5.41, 5.74) is 0. The van der Waals surface area contributed by atoms with Crippen molar-refractivity contribution in [2.24, 2.45) is 0 Å². The Bertz CT molecular complexity index is 742. The summed E-state index contributed by atoms with van der Waals surface area (Å²) in [5, 5.41) is 2.78. The second kappa shape index (κ2) is 13.5. The number of likely N-dealkylation sites (tertiary alicyclic amines) is 1. The number of amides is 1. The maximum atomic E-state index is 12.9. The molecule has 1 heterocycles.